The van der Waals surface area contributed by atoms with Crippen molar-refractivity contribution in [2.45, 2.75) is 12.6 Å². The average Bonchev–Trinajstić information content (AvgIpc) is 3.05. The van der Waals surface area contributed by atoms with E-state index in [-0.39, 0.29) is 25.0 Å². The van der Waals surface area contributed by atoms with Crippen LogP contribution in [0.5, 0.6) is 5.75 Å². The zero-order chi connectivity index (χ0) is 21.1. The lowest BCUT2D eigenvalue weighted by Gasteiger charge is -2.19. The Labute approximate surface area is 177 Å². The Bertz CT molecular complexity index is 1100. The van der Waals surface area contributed by atoms with Crippen LogP contribution >= 0.6 is 11.6 Å². The molecule has 1 aliphatic heterocycles. The van der Waals surface area contributed by atoms with Crippen molar-refractivity contribution in [3.05, 3.63) is 58.7 Å². The van der Waals surface area contributed by atoms with E-state index in [1.165, 1.54) is 0 Å². The number of rotatable bonds is 5. The fraction of sp³-hybridized carbons (Fsp3) is 0.238. The van der Waals surface area contributed by atoms with E-state index in [1.54, 1.807) is 30.3 Å². The van der Waals surface area contributed by atoms with Crippen LogP contribution in [0.15, 0.2) is 42.5 Å². The van der Waals surface area contributed by atoms with Crippen molar-refractivity contribution in [3.63, 3.8) is 0 Å². The first-order valence-corrected chi connectivity index (χ1v) is 9.94. The summed E-state index contributed by atoms with van der Waals surface area (Å²) in [5.74, 6) is -0.320. The van der Waals surface area contributed by atoms with E-state index in [2.05, 4.69) is 20.9 Å². The molecule has 2 aromatic carbocycles. The standard InChI is InChI=1S/C21H21ClN4O4/c22-13-4-5-15-12(10-13)11-17(25-15)21(29)26-18-6-7-23-16-3-1-2-14(19(16)30-18)20(28)24-8-9-27/h1-5,10-11,18,23,25,27H,6-9H2,(H,24,28)(H,26,29). The van der Waals surface area contributed by atoms with Gasteiger partial charge in [-0.3, -0.25) is 9.59 Å². The predicted molar refractivity (Wildman–Crippen MR) is 114 cm³/mol. The van der Waals surface area contributed by atoms with Crippen molar-refractivity contribution in [3.8, 4) is 5.75 Å². The zero-order valence-electron chi connectivity index (χ0n) is 16.0. The number of carbonyl (C=O) groups is 2. The number of benzene rings is 2. The van der Waals surface area contributed by atoms with Crippen LogP contribution in [-0.2, 0) is 0 Å². The fourth-order valence-electron chi connectivity index (χ4n) is 3.34. The maximum atomic E-state index is 12.8. The van der Waals surface area contributed by atoms with Gasteiger partial charge in [0.15, 0.2) is 12.0 Å². The van der Waals surface area contributed by atoms with Crippen LogP contribution in [0, 0.1) is 0 Å². The zero-order valence-corrected chi connectivity index (χ0v) is 16.8. The first-order valence-electron chi connectivity index (χ1n) is 9.57. The lowest BCUT2D eigenvalue weighted by molar-refractivity contribution is 0.0818. The molecule has 4 rings (SSSR count). The van der Waals surface area contributed by atoms with Gasteiger partial charge in [-0.1, -0.05) is 17.7 Å². The van der Waals surface area contributed by atoms with Crippen molar-refractivity contribution >= 4 is 40.0 Å². The molecule has 0 aliphatic carbocycles. The normalized spacial score (nSPS) is 15.5. The van der Waals surface area contributed by atoms with E-state index < -0.39 is 6.23 Å². The first-order chi connectivity index (χ1) is 14.5. The molecule has 1 unspecified atom stereocenters. The predicted octanol–water partition coefficient (Wildman–Crippen LogP) is 2.49. The lowest BCUT2D eigenvalue weighted by atomic mass is 10.1. The SMILES string of the molecule is O=C(NC1CCNc2cccc(C(=O)NCCO)c2O1)c1cc2cc(Cl)ccc2[nH]1. The Kier molecular flexibility index (Phi) is 5.78. The summed E-state index contributed by atoms with van der Waals surface area (Å²) >= 11 is 6.01. The molecule has 8 nitrogen and oxygen atoms in total. The molecule has 2 heterocycles. The minimum atomic E-state index is -0.631. The minimum absolute atomic E-state index is 0.139. The van der Waals surface area contributed by atoms with Gasteiger partial charge in [0, 0.05) is 35.4 Å². The van der Waals surface area contributed by atoms with Crippen molar-refractivity contribution in [2.24, 2.45) is 0 Å². The van der Waals surface area contributed by atoms with Crippen LogP contribution in [0.4, 0.5) is 5.69 Å². The molecule has 1 aromatic heterocycles. The maximum Gasteiger partial charge on any atom is 0.270 e. The molecule has 0 radical (unpaired) electrons. The fourth-order valence-corrected chi connectivity index (χ4v) is 3.52. The maximum absolute atomic E-state index is 12.8. The summed E-state index contributed by atoms with van der Waals surface area (Å²) in [6, 6.07) is 12.3. The van der Waals surface area contributed by atoms with E-state index in [9.17, 15) is 9.59 Å². The van der Waals surface area contributed by atoms with Crippen LogP contribution in [0.1, 0.15) is 27.3 Å². The molecule has 3 aromatic rings. The average molecular weight is 429 g/mol. The summed E-state index contributed by atoms with van der Waals surface area (Å²) in [5, 5.41) is 19.1. The number of fused-ring (bicyclic) bond motifs is 2. The Morgan fingerprint density at radius 2 is 2.07 bits per heavy atom. The molecule has 156 valence electrons. The topological polar surface area (TPSA) is 115 Å². The molecule has 0 bridgehead atoms. The highest BCUT2D eigenvalue weighted by atomic mass is 35.5. The van der Waals surface area contributed by atoms with Crippen molar-refractivity contribution in [1.29, 1.82) is 0 Å². The minimum Gasteiger partial charge on any atom is -0.468 e. The Morgan fingerprint density at radius 1 is 1.20 bits per heavy atom. The second-order valence-electron chi connectivity index (χ2n) is 6.87. The molecular weight excluding hydrogens is 408 g/mol. The number of anilines is 1. The number of halogens is 1. The molecule has 0 saturated heterocycles. The van der Waals surface area contributed by atoms with Crippen LogP contribution in [0.3, 0.4) is 0 Å². The number of amides is 2. The summed E-state index contributed by atoms with van der Waals surface area (Å²) < 4.78 is 6.02. The lowest BCUT2D eigenvalue weighted by Crippen LogP contribution is -2.40. The number of ether oxygens (including phenoxy) is 1. The van der Waals surface area contributed by atoms with Crippen LogP contribution < -0.4 is 20.7 Å². The first kappa shape index (κ1) is 20.1. The molecule has 1 aliphatic rings. The van der Waals surface area contributed by atoms with Gasteiger partial charge in [-0.05, 0) is 36.4 Å². The highest BCUT2D eigenvalue weighted by Crippen LogP contribution is 2.32. The number of nitrogens with one attached hydrogen (secondary N) is 4. The van der Waals surface area contributed by atoms with Crippen molar-refractivity contribution in [1.82, 2.24) is 15.6 Å². The van der Waals surface area contributed by atoms with Crippen LogP contribution in [0.2, 0.25) is 5.02 Å². The molecule has 9 heteroatoms. The number of aromatic amines is 1. The highest BCUT2D eigenvalue weighted by Gasteiger charge is 2.24. The molecule has 0 fully saturated rings. The molecule has 30 heavy (non-hydrogen) atoms. The Hall–Kier alpha value is -3.23. The van der Waals surface area contributed by atoms with E-state index in [0.29, 0.717) is 40.7 Å². The van der Waals surface area contributed by atoms with Crippen LogP contribution in [0.25, 0.3) is 10.9 Å². The highest BCUT2D eigenvalue weighted by molar-refractivity contribution is 6.31. The van der Waals surface area contributed by atoms with Gasteiger partial charge in [-0.15, -0.1) is 0 Å². The number of aromatic nitrogens is 1. The summed E-state index contributed by atoms with van der Waals surface area (Å²) in [6.07, 6.45) is -0.127. The summed E-state index contributed by atoms with van der Waals surface area (Å²) in [7, 11) is 0. The molecule has 2 amide bonds. The third kappa shape index (κ3) is 4.19. The van der Waals surface area contributed by atoms with E-state index in [4.69, 9.17) is 21.4 Å². The Morgan fingerprint density at radius 3 is 2.90 bits per heavy atom. The van der Waals surface area contributed by atoms with E-state index in [1.807, 2.05) is 12.1 Å². The summed E-state index contributed by atoms with van der Waals surface area (Å²) in [4.78, 5) is 28.3. The summed E-state index contributed by atoms with van der Waals surface area (Å²) in [5.41, 5.74) is 2.20. The van der Waals surface area contributed by atoms with E-state index in [0.717, 1.165) is 10.9 Å². The van der Waals surface area contributed by atoms with E-state index >= 15 is 0 Å². The number of aliphatic hydroxyl groups is 1. The second kappa shape index (κ2) is 8.64. The molecule has 5 N–H and O–H groups in total. The molecular formula is C21H21ClN4O4. The third-order valence-electron chi connectivity index (χ3n) is 4.76. The molecule has 1 atom stereocenters. The second-order valence-corrected chi connectivity index (χ2v) is 7.31. The third-order valence-corrected chi connectivity index (χ3v) is 4.99. The van der Waals surface area contributed by atoms with Gasteiger partial charge in [-0.2, -0.15) is 0 Å². The van der Waals surface area contributed by atoms with Crippen molar-refractivity contribution in [2.75, 3.05) is 25.0 Å². The van der Waals surface area contributed by atoms with Gasteiger partial charge < -0.3 is 30.8 Å². The number of carbonyl (C=O) groups excluding carboxylic acids is 2. The van der Waals surface area contributed by atoms with Crippen LogP contribution in [-0.4, -0.2) is 47.8 Å². The van der Waals surface area contributed by atoms with Gasteiger partial charge in [0.25, 0.3) is 11.8 Å². The largest absolute Gasteiger partial charge is 0.468 e. The van der Waals surface area contributed by atoms with Crippen molar-refractivity contribution < 1.29 is 19.4 Å². The number of hydrogen-bond donors (Lipinski definition) is 5. The number of para-hydroxylation sites is 1. The molecule has 0 saturated carbocycles. The van der Waals surface area contributed by atoms with Gasteiger partial charge in [0.05, 0.1) is 17.9 Å². The van der Waals surface area contributed by atoms with Gasteiger partial charge >= 0.3 is 0 Å². The van der Waals surface area contributed by atoms with Gasteiger partial charge in [0.2, 0.25) is 0 Å². The summed E-state index contributed by atoms with van der Waals surface area (Å²) in [6.45, 7) is 0.538. The number of H-pyrrole nitrogens is 1. The number of aliphatic hydroxyl groups excluding tert-OH is 1. The van der Waals surface area contributed by atoms with Gasteiger partial charge in [-0.25, -0.2) is 0 Å². The monoisotopic (exact) mass is 428 g/mol. The van der Waals surface area contributed by atoms with Gasteiger partial charge in [0.1, 0.15) is 5.69 Å². The smallest absolute Gasteiger partial charge is 0.270 e. The Balaban J connectivity index is 1.53. The number of hydrogen-bond acceptors (Lipinski definition) is 5. The quantitative estimate of drug-likeness (QED) is 0.428. The molecule has 0 spiro atoms.